The minimum Gasteiger partial charge on any atom is -0.361 e. The number of hydrogen-bond donors (Lipinski definition) is 1. The van der Waals surface area contributed by atoms with E-state index in [2.05, 4.69) is 4.72 Å². The molecule has 7 nitrogen and oxygen atoms in total. The second kappa shape index (κ2) is 7.10. The summed E-state index contributed by atoms with van der Waals surface area (Å²) >= 11 is 0. The van der Waals surface area contributed by atoms with Gasteiger partial charge in [0.1, 0.15) is 5.60 Å². The zero-order valence-electron chi connectivity index (χ0n) is 18.0. The van der Waals surface area contributed by atoms with Gasteiger partial charge >= 0.3 is 0 Å². The van der Waals surface area contributed by atoms with E-state index in [0.29, 0.717) is 16.8 Å². The molecule has 2 bridgehead atoms. The minimum atomic E-state index is -3.85. The van der Waals surface area contributed by atoms with Crippen LogP contribution in [-0.2, 0) is 24.3 Å². The van der Waals surface area contributed by atoms with Crippen molar-refractivity contribution in [1.29, 1.82) is 0 Å². The van der Waals surface area contributed by atoms with Crippen LogP contribution in [0.4, 0.5) is 5.69 Å². The number of anilines is 1. The molecule has 2 saturated heterocycles. The van der Waals surface area contributed by atoms with Crippen LogP contribution >= 0.6 is 0 Å². The number of imide groups is 1. The van der Waals surface area contributed by atoms with Crippen molar-refractivity contribution in [2.24, 2.45) is 11.8 Å². The van der Waals surface area contributed by atoms with Gasteiger partial charge in [-0.05, 0) is 44.0 Å². The van der Waals surface area contributed by atoms with Crippen molar-refractivity contribution in [2.45, 2.75) is 37.4 Å². The molecular weight excluding hydrogens is 428 g/mol. The molecule has 3 heterocycles. The Bertz CT molecular complexity index is 1250. The second-order valence-corrected chi connectivity index (χ2v) is 10.5. The van der Waals surface area contributed by atoms with Gasteiger partial charge in [0.2, 0.25) is 21.8 Å². The summed E-state index contributed by atoms with van der Waals surface area (Å²) in [5.41, 5.74) is 1.61. The Labute approximate surface area is 187 Å². The SMILES string of the molecule is Cc1cc(C)c(S(=O)(=O)NC[C@]23C=C[C@@H](O2)[C@@H]2C(=O)N(c4ccccc4)C(=O)[C@@H]23)c(C)c1. The molecule has 2 fully saturated rings. The summed E-state index contributed by atoms with van der Waals surface area (Å²) in [7, 11) is -3.85. The van der Waals surface area contributed by atoms with Crippen molar-refractivity contribution >= 4 is 27.5 Å². The van der Waals surface area contributed by atoms with Crippen LogP contribution in [0.5, 0.6) is 0 Å². The van der Waals surface area contributed by atoms with Gasteiger partial charge in [-0.2, -0.15) is 0 Å². The van der Waals surface area contributed by atoms with Crippen molar-refractivity contribution in [3.63, 3.8) is 0 Å². The number of sulfonamides is 1. The first-order chi connectivity index (χ1) is 15.1. The van der Waals surface area contributed by atoms with E-state index in [1.165, 1.54) is 4.90 Å². The van der Waals surface area contributed by atoms with Crippen LogP contribution in [0.15, 0.2) is 59.5 Å². The fraction of sp³-hybridized carbons (Fsp3) is 0.333. The smallest absolute Gasteiger partial charge is 0.241 e. The fourth-order valence-electron chi connectivity index (χ4n) is 5.41. The molecule has 0 radical (unpaired) electrons. The second-order valence-electron chi connectivity index (χ2n) is 8.80. The zero-order valence-corrected chi connectivity index (χ0v) is 18.8. The van der Waals surface area contributed by atoms with Crippen LogP contribution in [0, 0.1) is 32.6 Å². The van der Waals surface area contributed by atoms with E-state index in [1.807, 2.05) is 25.1 Å². The number of hydrogen-bond acceptors (Lipinski definition) is 5. The summed E-state index contributed by atoms with van der Waals surface area (Å²) in [5.74, 6) is -2.09. The lowest BCUT2D eigenvalue weighted by atomic mass is 9.77. The molecule has 0 saturated carbocycles. The fourth-order valence-corrected chi connectivity index (χ4v) is 6.93. The molecule has 4 atom stereocenters. The summed E-state index contributed by atoms with van der Waals surface area (Å²) in [6.07, 6.45) is 2.95. The third kappa shape index (κ3) is 2.97. The molecule has 32 heavy (non-hydrogen) atoms. The highest BCUT2D eigenvalue weighted by molar-refractivity contribution is 7.89. The van der Waals surface area contributed by atoms with Gasteiger partial charge in [-0.1, -0.05) is 48.0 Å². The number of para-hydroxylation sites is 1. The minimum absolute atomic E-state index is 0.127. The lowest BCUT2D eigenvalue weighted by molar-refractivity contribution is -0.126. The predicted octanol–water partition coefficient (Wildman–Crippen LogP) is 2.40. The lowest BCUT2D eigenvalue weighted by Crippen LogP contribution is -2.49. The summed E-state index contributed by atoms with van der Waals surface area (Å²) < 4.78 is 35.1. The Morgan fingerprint density at radius 1 is 1.03 bits per heavy atom. The summed E-state index contributed by atoms with van der Waals surface area (Å²) in [6.45, 7) is 5.31. The molecule has 0 aromatic heterocycles. The number of carbonyl (C=O) groups is 2. The van der Waals surface area contributed by atoms with Gasteiger partial charge in [0, 0.05) is 6.54 Å². The molecule has 5 rings (SSSR count). The highest BCUT2D eigenvalue weighted by atomic mass is 32.2. The number of amides is 2. The van der Waals surface area contributed by atoms with Gasteiger partial charge in [-0.25, -0.2) is 18.0 Å². The van der Waals surface area contributed by atoms with E-state index in [0.717, 1.165) is 5.56 Å². The third-order valence-corrected chi connectivity index (χ3v) is 8.29. The van der Waals surface area contributed by atoms with Gasteiger partial charge in [-0.3, -0.25) is 9.59 Å². The van der Waals surface area contributed by atoms with Crippen molar-refractivity contribution < 1.29 is 22.7 Å². The molecule has 166 valence electrons. The maximum atomic E-state index is 13.3. The molecule has 1 N–H and O–H groups in total. The Kier molecular flexibility index (Phi) is 4.67. The normalized spacial score (nSPS) is 28.6. The molecule has 8 heteroatoms. The first kappa shape index (κ1) is 21.1. The number of carbonyl (C=O) groups excluding carboxylic acids is 2. The maximum Gasteiger partial charge on any atom is 0.241 e. The summed E-state index contributed by atoms with van der Waals surface area (Å²) in [5, 5.41) is 0. The van der Waals surface area contributed by atoms with Crippen LogP contribution in [-0.4, -0.2) is 38.5 Å². The largest absolute Gasteiger partial charge is 0.361 e. The van der Waals surface area contributed by atoms with Crippen molar-refractivity contribution in [2.75, 3.05) is 11.4 Å². The topological polar surface area (TPSA) is 92.8 Å². The number of nitrogens with one attached hydrogen (secondary N) is 1. The van der Waals surface area contributed by atoms with Crippen molar-refractivity contribution in [3.05, 3.63) is 71.3 Å². The monoisotopic (exact) mass is 452 g/mol. The molecule has 2 amide bonds. The van der Waals surface area contributed by atoms with E-state index in [9.17, 15) is 18.0 Å². The average molecular weight is 453 g/mol. The summed E-state index contributed by atoms with van der Waals surface area (Å²) in [6, 6.07) is 12.4. The molecule has 0 aliphatic carbocycles. The Morgan fingerprint density at radius 3 is 2.34 bits per heavy atom. The Balaban J connectivity index is 1.45. The number of benzene rings is 2. The molecule has 0 spiro atoms. The maximum absolute atomic E-state index is 13.3. The van der Waals surface area contributed by atoms with Gasteiger partial charge in [0.25, 0.3) is 0 Å². The first-order valence-corrected chi connectivity index (χ1v) is 12.0. The van der Waals surface area contributed by atoms with Crippen LogP contribution in [0.1, 0.15) is 16.7 Å². The van der Waals surface area contributed by atoms with Gasteiger partial charge in [0.05, 0.1) is 28.5 Å². The van der Waals surface area contributed by atoms with Crippen LogP contribution < -0.4 is 9.62 Å². The molecule has 2 aromatic rings. The van der Waals surface area contributed by atoms with E-state index >= 15 is 0 Å². The lowest BCUT2D eigenvalue weighted by Gasteiger charge is -2.29. The molecule has 3 aliphatic rings. The average Bonchev–Trinajstić information content (AvgIpc) is 3.37. The Morgan fingerprint density at radius 2 is 1.69 bits per heavy atom. The number of fused-ring (bicyclic) bond motifs is 5. The van der Waals surface area contributed by atoms with Crippen LogP contribution in [0.3, 0.4) is 0 Å². The quantitative estimate of drug-likeness (QED) is 0.556. The number of ether oxygens (including phenoxy) is 1. The first-order valence-electron chi connectivity index (χ1n) is 10.5. The van der Waals surface area contributed by atoms with Crippen LogP contribution in [0.2, 0.25) is 0 Å². The van der Waals surface area contributed by atoms with Gasteiger partial charge in [0.15, 0.2) is 0 Å². The van der Waals surface area contributed by atoms with Gasteiger partial charge in [-0.15, -0.1) is 0 Å². The highest BCUT2D eigenvalue weighted by Crippen LogP contribution is 2.52. The standard InChI is InChI=1S/C24H24N2O5S/c1-14-11-15(2)21(16(3)12-14)32(29,30)25-13-24-10-9-18(31-24)19-20(24)23(28)26(22(19)27)17-7-5-4-6-8-17/h4-12,18-20,25H,13H2,1-3H3/t18-,19+,20-,24+/m1/s1. The molecule has 2 aromatic carbocycles. The number of nitrogens with zero attached hydrogens (tertiary/aromatic N) is 1. The number of rotatable bonds is 5. The number of aryl methyl sites for hydroxylation is 3. The van der Waals surface area contributed by atoms with E-state index in [-0.39, 0.29) is 23.3 Å². The van der Waals surface area contributed by atoms with E-state index in [4.69, 9.17) is 4.74 Å². The Hall–Kier alpha value is -2.81. The molecule has 0 unspecified atom stereocenters. The van der Waals surface area contributed by atoms with E-state index < -0.39 is 33.6 Å². The van der Waals surface area contributed by atoms with E-state index in [1.54, 1.807) is 50.3 Å². The molecule has 3 aliphatic heterocycles. The van der Waals surface area contributed by atoms with Gasteiger partial charge < -0.3 is 4.74 Å². The molecular formula is C24H24N2O5S. The zero-order chi connectivity index (χ0) is 22.8. The van der Waals surface area contributed by atoms with Crippen molar-refractivity contribution in [3.8, 4) is 0 Å². The predicted molar refractivity (Wildman–Crippen MR) is 119 cm³/mol. The summed E-state index contributed by atoms with van der Waals surface area (Å²) in [4.78, 5) is 27.9. The van der Waals surface area contributed by atoms with Crippen LogP contribution in [0.25, 0.3) is 0 Å². The third-order valence-electron chi connectivity index (χ3n) is 6.58. The highest BCUT2D eigenvalue weighted by Gasteiger charge is 2.67. The van der Waals surface area contributed by atoms with Crippen molar-refractivity contribution in [1.82, 2.24) is 4.72 Å².